The molecule has 3 atom stereocenters. The van der Waals surface area contributed by atoms with Crippen molar-refractivity contribution in [2.24, 2.45) is 0 Å². The van der Waals surface area contributed by atoms with Crippen LogP contribution in [0.3, 0.4) is 0 Å². The molecule has 0 aliphatic rings. The predicted molar refractivity (Wildman–Crippen MR) is 75.4 cm³/mol. The molecule has 3 unspecified atom stereocenters. The van der Waals surface area contributed by atoms with Gasteiger partial charge in [-0.2, -0.15) is 0 Å². The number of furan rings is 1. The van der Waals surface area contributed by atoms with Crippen LogP contribution in [0.4, 0.5) is 4.79 Å². The minimum atomic E-state index is -0.721. The minimum Gasteiger partial charge on any atom is -0.467 e. The lowest BCUT2D eigenvalue weighted by Gasteiger charge is -2.20. The van der Waals surface area contributed by atoms with E-state index in [0.717, 1.165) is 6.42 Å². The third-order valence-electron chi connectivity index (χ3n) is 3.02. The fraction of sp³-hybridized carbons (Fsp3) is 0.643. The van der Waals surface area contributed by atoms with Gasteiger partial charge in [-0.25, -0.2) is 4.79 Å². The van der Waals surface area contributed by atoms with Gasteiger partial charge in [-0.3, -0.25) is 0 Å². The first kappa shape index (κ1) is 16.5. The number of aliphatic hydroxyl groups excluding tert-OH is 1. The van der Waals surface area contributed by atoms with Gasteiger partial charge in [0.25, 0.3) is 0 Å². The van der Waals surface area contributed by atoms with Crippen LogP contribution in [0.1, 0.15) is 38.6 Å². The summed E-state index contributed by atoms with van der Waals surface area (Å²) in [6.45, 7) is 4.30. The quantitative estimate of drug-likeness (QED) is 0.680. The van der Waals surface area contributed by atoms with Gasteiger partial charge in [0, 0.05) is 19.6 Å². The molecule has 2 amide bonds. The van der Waals surface area contributed by atoms with Crippen LogP contribution in [0.2, 0.25) is 0 Å². The van der Waals surface area contributed by atoms with Crippen molar-refractivity contribution in [2.75, 3.05) is 13.7 Å². The Labute approximate surface area is 119 Å². The van der Waals surface area contributed by atoms with E-state index in [-0.39, 0.29) is 18.1 Å². The number of carbonyl (C=O) groups is 1. The molecule has 0 saturated carbocycles. The highest BCUT2D eigenvalue weighted by atomic mass is 16.5. The Balaban J connectivity index is 2.34. The summed E-state index contributed by atoms with van der Waals surface area (Å²) in [4.78, 5) is 11.8. The zero-order chi connectivity index (χ0) is 15.0. The normalized spacial score (nSPS) is 15.4. The molecule has 0 spiro atoms. The second kappa shape index (κ2) is 8.60. The standard InChI is InChI=1S/C14H24N2O4/c1-4-11(9-19-3)16-14(18)15-10(2)8-12(17)13-6-5-7-20-13/h5-7,10-12,17H,4,8-9H2,1-3H3,(H2,15,16,18). The lowest BCUT2D eigenvalue weighted by Crippen LogP contribution is -2.47. The van der Waals surface area contributed by atoms with E-state index in [0.29, 0.717) is 18.8 Å². The van der Waals surface area contributed by atoms with Crippen molar-refractivity contribution in [3.63, 3.8) is 0 Å². The minimum absolute atomic E-state index is 0.0119. The summed E-state index contributed by atoms with van der Waals surface area (Å²) in [5, 5.41) is 15.5. The van der Waals surface area contributed by atoms with Crippen molar-refractivity contribution >= 4 is 6.03 Å². The zero-order valence-electron chi connectivity index (χ0n) is 12.3. The van der Waals surface area contributed by atoms with Gasteiger partial charge in [0.05, 0.1) is 18.9 Å². The first-order valence-electron chi connectivity index (χ1n) is 6.84. The molecule has 0 radical (unpaired) electrons. The molecule has 0 fully saturated rings. The summed E-state index contributed by atoms with van der Waals surface area (Å²) >= 11 is 0. The Morgan fingerprint density at radius 1 is 1.50 bits per heavy atom. The van der Waals surface area contributed by atoms with E-state index in [1.807, 2.05) is 13.8 Å². The lowest BCUT2D eigenvalue weighted by molar-refractivity contribution is 0.128. The molecular weight excluding hydrogens is 260 g/mol. The molecule has 0 aliphatic carbocycles. The van der Waals surface area contributed by atoms with Gasteiger partial charge in [-0.1, -0.05) is 6.92 Å². The van der Waals surface area contributed by atoms with Crippen LogP contribution in [0.25, 0.3) is 0 Å². The fourth-order valence-corrected chi connectivity index (χ4v) is 1.90. The second-order valence-electron chi connectivity index (χ2n) is 4.85. The summed E-state index contributed by atoms with van der Waals surface area (Å²) in [5.74, 6) is 0.505. The second-order valence-corrected chi connectivity index (χ2v) is 4.85. The highest BCUT2D eigenvalue weighted by molar-refractivity contribution is 5.74. The summed E-state index contributed by atoms with van der Waals surface area (Å²) in [6.07, 6.45) is 1.98. The molecule has 20 heavy (non-hydrogen) atoms. The SMILES string of the molecule is CCC(COC)NC(=O)NC(C)CC(O)c1ccco1. The molecule has 0 aliphatic heterocycles. The molecule has 3 N–H and O–H groups in total. The van der Waals surface area contributed by atoms with Gasteiger partial charge in [0.1, 0.15) is 11.9 Å². The highest BCUT2D eigenvalue weighted by Gasteiger charge is 2.17. The van der Waals surface area contributed by atoms with Crippen LogP contribution >= 0.6 is 0 Å². The van der Waals surface area contributed by atoms with E-state index in [4.69, 9.17) is 9.15 Å². The van der Waals surface area contributed by atoms with Crippen molar-refractivity contribution in [3.05, 3.63) is 24.2 Å². The van der Waals surface area contributed by atoms with Crippen LogP contribution in [-0.2, 0) is 4.74 Å². The predicted octanol–water partition coefficient (Wildman–Crippen LogP) is 1.82. The van der Waals surface area contributed by atoms with Crippen LogP contribution in [0.15, 0.2) is 22.8 Å². The molecule has 0 bridgehead atoms. The Morgan fingerprint density at radius 2 is 2.25 bits per heavy atom. The van der Waals surface area contributed by atoms with Crippen LogP contribution in [-0.4, -0.2) is 36.9 Å². The molecule has 6 nitrogen and oxygen atoms in total. The monoisotopic (exact) mass is 284 g/mol. The molecule has 1 aromatic heterocycles. The summed E-state index contributed by atoms with van der Waals surface area (Å²) < 4.78 is 10.1. The van der Waals surface area contributed by atoms with Gasteiger partial charge in [0.15, 0.2) is 0 Å². The van der Waals surface area contributed by atoms with Crippen molar-refractivity contribution in [1.29, 1.82) is 0 Å². The first-order chi connectivity index (χ1) is 9.56. The number of carbonyl (C=O) groups excluding carboxylic acids is 1. The fourth-order valence-electron chi connectivity index (χ4n) is 1.90. The Kier molecular flexibility index (Phi) is 7.11. The van der Waals surface area contributed by atoms with E-state index in [1.54, 1.807) is 19.2 Å². The number of nitrogens with one attached hydrogen (secondary N) is 2. The first-order valence-corrected chi connectivity index (χ1v) is 6.84. The maximum Gasteiger partial charge on any atom is 0.315 e. The number of urea groups is 1. The van der Waals surface area contributed by atoms with Crippen molar-refractivity contribution in [1.82, 2.24) is 10.6 Å². The highest BCUT2D eigenvalue weighted by Crippen LogP contribution is 2.18. The number of hydrogen-bond donors (Lipinski definition) is 3. The number of amides is 2. The Bertz CT molecular complexity index is 381. The molecule has 0 saturated heterocycles. The number of ether oxygens (including phenoxy) is 1. The molecule has 114 valence electrons. The van der Waals surface area contributed by atoms with Crippen molar-refractivity contribution in [2.45, 2.75) is 44.9 Å². The lowest BCUT2D eigenvalue weighted by atomic mass is 10.1. The maximum atomic E-state index is 11.8. The van der Waals surface area contributed by atoms with E-state index < -0.39 is 6.10 Å². The maximum absolute atomic E-state index is 11.8. The molecule has 1 heterocycles. The van der Waals surface area contributed by atoms with E-state index >= 15 is 0 Å². The smallest absolute Gasteiger partial charge is 0.315 e. The van der Waals surface area contributed by atoms with Gasteiger partial charge in [-0.15, -0.1) is 0 Å². The number of rotatable bonds is 8. The molecular formula is C14H24N2O4. The van der Waals surface area contributed by atoms with Gasteiger partial charge in [0.2, 0.25) is 0 Å². The van der Waals surface area contributed by atoms with E-state index in [2.05, 4.69) is 10.6 Å². The topological polar surface area (TPSA) is 83.7 Å². The number of hydrogen-bond acceptors (Lipinski definition) is 4. The summed E-state index contributed by atoms with van der Waals surface area (Å²) in [7, 11) is 1.60. The Hall–Kier alpha value is -1.53. The van der Waals surface area contributed by atoms with Crippen LogP contribution in [0.5, 0.6) is 0 Å². The molecule has 1 aromatic rings. The summed E-state index contributed by atoms with van der Waals surface area (Å²) in [6, 6.07) is 2.99. The molecule has 0 aromatic carbocycles. The third kappa shape index (κ3) is 5.63. The van der Waals surface area contributed by atoms with Crippen molar-refractivity contribution in [3.8, 4) is 0 Å². The molecule has 1 rings (SSSR count). The third-order valence-corrected chi connectivity index (χ3v) is 3.02. The molecule has 6 heteroatoms. The average Bonchev–Trinajstić information content (AvgIpc) is 2.91. The van der Waals surface area contributed by atoms with Crippen LogP contribution in [0, 0.1) is 0 Å². The zero-order valence-corrected chi connectivity index (χ0v) is 12.3. The largest absolute Gasteiger partial charge is 0.467 e. The van der Waals surface area contributed by atoms with Crippen LogP contribution < -0.4 is 10.6 Å². The summed E-state index contributed by atoms with van der Waals surface area (Å²) in [5.41, 5.74) is 0. The average molecular weight is 284 g/mol. The van der Waals surface area contributed by atoms with Gasteiger partial charge < -0.3 is 24.9 Å². The van der Waals surface area contributed by atoms with E-state index in [1.165, 1.54) is 6.26 Å². The van der Waals surface area contributed by atoms with E-state index in [9.17, 15) is 9.90 Å². The number of aliphatic hydroxyl groups is 1. The number of methoxy groups -OCH3 is 1. The van der Waals surface area contributed by atoms with Gasteiger partial charge in [-0.05, 0) is 25.5 Å². The Morgan fingerprint density at radius 3 is 2.80 bits per heavy atom. The van der Waals surface area contributed by atoms with Crippen molar-refractivity contribution < 1.29 is 19.1 Å². The van der Waals surface area contributed by atoms with Gasteiger partial charge >= 0.3 is 6.03 Å².